The van der Waals surface area contributed by atoms with E-state index in [-0.39, 0.29) is 102 Å². The Morgan fingerprint density at radius 2 is 0.890 bits per heavy atom. The summed E-state index contributed by atoms with van der Waals surface area (Å²) in [7, 11) is 0. The molecular formula is C65H97N17O18. The van der Waals surface area contributed by atoms with Gasteiger partial charge >= 0.3 is 11.9 Å². The standard InChI is InChI=1S/C65H97N17O18/c1-35(2)54-63(97)77-43(11-7-23-69-38(6)66)57(91)73-33-50(84)75-47(31-52(86)87)59(93)80-46(61(95)81-54)30-40-16-20-42(21-17-40)100-28-10-26-71-56(90)37(5)13-22-49(83)70-25-9-27-99-41-18-14-39(15-19-41)29-45-62(96)82-55(36(3)4)64(98)78-44(12-8-24-72-65(67)68)58(92)74-34-51(85)76-48(32-53(88)89)60(94)79-45/h14-21,35-37,43-48,54-55H,7-13,22-34H2,1-6H3,(H2,66,69)(H,70,83)(H,71,90)(H,73,91)(H,74,92)(H,75,84)(H,76,85)(H,77,97)(H,78,98)(H,79,94)(H,80,93)(H,81,95)(H,82,96)(H,86,87)(H,88,89)(H4,67,68,72)/t37?,43-,44-,45+,46+,47-,48-,54-,55-/m0/s1. The summed E-state index contributed by atoms with van der Waals surface area (Å²) in [4.78, 5) is 192. The Morgan fingerprint density at radius 3 is 1.28 bits per heavy atom. The smallest absolute Gasteiger partial charge is 0.305 e. The number of aliphatic carboxylic acids is 2. The van der Waals surface area contributed by atoms with Gasteiger partial charge in [0, 0.05) is 51.4 Å². The molecule has 100 heavy (non-hydrogen) atoms. The van der Waals surface area contributed by atoms with Gasteiger partial charge in [0.25, 0.3) is 0 Å². The molecule has 0 aliphatic carbocycles. The van der Waals surface area contributed by atoms with Crippen molar-refractivity contribution >= 4 is 94.6 Å². The molecule has 0 spiro atoms. The lowest BCUT2D eigenvalue weighted by Crippen LogP contribution is -2.59. The average molecular weight is 1400 g/mol. The number of nitrogens with one attached hydrogen (secondary N) is 12. The summed E-state index contributed by atoms with van der Waals surface area (Å²) in [5.41, 5.74) is 17.5. The molecule has 9 atom stereocenters. The lowest BCUT2D eigenvalue weighted by Gasteiger charge is -2.27. The number of carbonyl (C=O) groups is 14. The van der Waals surface area contributed by atoms with Gasteiger partial charge < -0.3 is 101 Å². The van der Waals surface area contributed by atoms with Crippen LogP contribution < -0.4 is 90.5 Å². The third-order valence-corrected chi connectivity index (χ3v) is 15.7. The van der Waals surface area contributed by atoms with E-state index in [2.05, 4.69) is 73.8 Å². The number of carboxylic acid groups (broad SMARTS) is 2. The van der Waals surface area contributed by atoms with Crippen LogP contribution in [0.4, 0.5) is 0 Å². The van der Waals surface area contributed by atoms with Crippen LogP contribution in [-0.2, 0) is 80.0 Å². The fourth-order valence-electron chi connectivity index (χ4n) is 10.1. The molecule has 0 bridgehead atoms. The van der Waals surface area contributed by atoms with Gasteiger partial charge in [0.2, 0.25) is 70.9 Å². The largest absolute Gasteiger partial charge is 0.494 e. The molecule has 550 valence electrons. The van der Waals surface area contributed by atoms with Gasteiger partial charge in [-0.1, -0.05) is 58.9 Å². The maximum absolute atomic E-state index is 14.0. The third-order valence-electron chi connectivity index (χ3n) is 15.7. The average Bonchev–Trinajstić information content (AvgIpc) is 1.26. The van der Waals surface area contributed by atoms with Gasteiger partial charge in [-0.05, 0) is 99.1 Å². The Labute approximate surface area is 578 Å². The van der Waals surface area contributed by atoms with E-state index in [1.54, 1.807) is 90.1 Å². The van der Waals surface area contributed by atoms with Crippen LogP contribution in [0.3, 0.4) is 0 Å². The van der Waals surface area contributed by atoms with Crippen molar-refractivity contribution in [2.24, 2.45) is 44.9 Å². The molecule has 2 aliphatic heterocycles. The van der Waals surface area contributed by atoms with Crippen LogP contribution in [0.25, 0.3) is 0 Å². The van der Waals surface area contributed by atoms with Gasteiger partial charge in [0.1, 0.15) is 59.8 Å². The maximum atomic E-state index is 14.0. The van der Waals surface area contributed by atoms with Crippen LogP contribution in [0.1, 0.15) is 117 Å². The number of carbonyl (C=O) groups excluding carboxylic acids is 12. The second kappa shape index (κ2) is 42.2. The van der Waals surface area contributed by atoms with Crippen LogP contribution in [0.2, 0.25) is 0 Å². The van der Waals surface area contributed by atoms with E-state index in [0.717, 1.165) is 0 Å². The highest BCUT2D eigenvalue weighted by Gasteiger charge is 2.37. The first kappa shape index (κ1) is 81.8. The summed E-state index contributed by atoms with van der Waals surface area (Å²) < 4.78 is 11.7. The van der Waals surface area contributed by atoms with Crippen molar-refractivity contribution in [2.75, 3.05) is 52.5 Å². The Morgan fingerprint density at radius 1 is 0.500 bits per heavy atom. The minimum atomic E-state index is -1.66. The Balaban J connectivity index is 1.25. The number of benzene rings is 2. The molecule has 20 N–H and O–H groups in total. The molecule has 2 heterocycles. The first-order valence-corrected chi connectivity index (χ1v) is 33.1. The van der Waals surface area contributed by atoms with Gasteiger partial charge in [-0.25, -0.2) is 0 Å². The Hall–Kier alpha value is -10.6. The number of amidine groups is 1. The van der Waals surface area contributed by atoms with Crippen molar-refractivity contribution in [3.63, 3.8) is 0 Å². The summed E-state index contributed by atoms with van der Waals surface area (Å²) in [5.74, 6) is -12.4. The second-order valence-electron chi connectivity index (χ2n) is 24.9. The van der Waals surface area contributed by atoms with Crippen molar-refractivity contribution in [2.45, 2.75) is 167 Å². The first-order valence-electron chi connectivity index (χ1n) is 33.1. The predicted octanol–water partition coefficient (Wildman–Crippen LogP) is -3.73. The number of hydrogen-bond acceptors (Lipinski definition) is 18. The Kier molecular flexibility index (Phi) is 34.5. The lowest BCUT2D eigenvalue weighted by atomic mass is 9.99. The maximum Gasteiger partial charge on any atom is 0.305 e. The van der Waals surface area contributed by atoms with Gasteiger partial charge in [-0.3, -0.25) is 77.1 Å². The lowest BCUT2D eigenvalue weighted by molar-refractivity contribution is -0.141. The van der Waals surface area contributed by atoms with E-state index in [0.29, 0.717) is 47.7 Å². The molecule has 1 unspecified atom stereocenters. The molecule has 2 aliphatic rings. The van der Waals surface area contributed by atoms with Gasteiger partial charge in [0.15, 0.2) is 5.96 Å². The van der Waals surface area contributed by atoms with Crippen molar-refractivity contribution < 1.29 is 86.8 Å². The first-order chi connectivity index (χ1) is 47.4. The SMILES string of the molecule is CC(N)=NCCC[C@@H]1NC(=O)[C@H](C(C)C)NC(=O)[C@@H](Cc2ccc(OCCCNC(=O)C(C)CCC(=O)NCCCOc3ccc(C[C@H]4NC(=O)[C@H](CC(=O)O)NC(=O)CNC(=O)[C@H](CCCN=C(N)N)NC(=O)[C@H](C(C)C)NC4=O)cc3)cc2)NC(=O)[C@H](CC(=O)O)NC(=O)CNC1=O. The molecule has 2 aromatic carbocycles. The highest BCUT2D eigenvalue weighted by atomic mass is 16.5. The Bertz CT molecular complexity index is 3230. The van der Waals surface area contributed by atoms with Crippen LogP contribution >= 0.6 is 0 Å². The molecule has 2 aromatic rings. The number of guanidine groups is 1. The molecule has 0 aromatic heterocycles. The van der Waals surface area contributed by atoms with Gasteiger partial charge in [0.05, 0.1) is 45.0 Å². The summed E-state index contributed by atoms with van der Waals surface area (Å²) in [6, 6.07) is 2.11. The third kappa shape index (κ3) is 30.4. The van der Waals surface area contributed by atoms with E-state index in [1.807, 2.05) is 0 Å². The van der Waals surface area contributed by atoms with Gasteiger partial charge in [-0.2, -0.15) is 0 Å². The molecule has 35 heteroatoms. The number of carboxylic acids is 2. The molecule has 2 saturated heterocycles. The number of nitrogens with two attached hydrogens (primary N) is 3. The second-order valence-corrected chi connectivity index (χ2v) is 24.9. The zero-order chi connectivity index (χ0) is 74.0. The van der Waals surface area contributed by atoms with E-state index in [1.165, 1.54) is 0 Å². The van der Waals surface area contributed by atoms with Crippen LogP contribution in [0.15, 0.2) is 58.5 Å². The van der Waals surface area contributed by atoms with Crippen molar-refractivity contribution in [1.82, 2.24) is 63.8 Å². The summed E-state index contributed by atoms with van der Waals surface area (Å²) in [6.45, 7) is 9.85. The minimum absolute atomic E-state index is 0.0302. The number of rotatable bonds is 32. The minimum Gasteiger partial charge on any atom is -0.494 e. The van der Waals surface area contributed by atoms with E-state index in [4.69, 9.17) is 26.7 Å². The summed E-state index contributed by atoms with van der Waals surface area (Å²) >= 11 is 0. The highest BCUT2D eigenvalue weighted by molar-refractivity contribution is 6.00. The van der Waals surface area contributed by atoms with E-state index in [9.17, 15) is 77.3 Å². The monoisotopic (exact) mass is 1400 g/mol. The zero-order valence-electron chi connectivity index (χ0n) is 57.2. The number of hydrogen-bond donors (Lipinski definition) is 17. The quantitative estimate of drug-likeness (QED) is 0.0190. The predicted molar refractivity (Wildman–Crippen MR) is 362 cm³/mol. The molecule has 0 saturated carbocycles. The number of ether oxygens (including phenoxy) is 2. The van der Waals surface area contributed by atoms with E-state index >= 15 is 0 Å². The van der Waals surface area contributed by atoms with Crippen molar-refractivity contribution in [1.29, 1.82) is 0 Å². The molecule has 2 fully saturated rings. The van der Waals surface area contributed by atoms with Crippen molar-refractivity contribution in [3.8, 4) is 11.5 Å². The summed E-state index contributed by atoms with van der Waals surface area (Å²) in [5, 5.41) is 50.0. The fraction of sp³-hybridized carbons (Fsp3) is 0.569. The number of aliphatic imine (C=N–C) groups is 2. The van der Waals surface area contributed by atoms with Crippen LogP contribution in [-0.4, -0.2) is 206 Å². The zero-order valence-corrected chi connectivity index (χ0v) is 57.2. The molecule has 4 rings (SSSR count). The topological polar surface area (TPSA) is 545 Å². The van der Waals surface area contributed by atoms with Gasteiger partial charge in [-0.15, -0.1) is 0 Å². The van der Waals surface area contributed by atoms with Crippen molar-refractivity contribution in [3.05, 3.63) is 59.7 Å². The molecular weight excluding hydrogens is 1310 g/mol. The highest BCUT2D eigenvalue weighted by Crippen LogP contribution is 2.18. The molecule has 0 radical (unpaired) electrons. The van der Waals surface area contributed by atoms with E-state index < -0.39 is 163 Å². The fourth-order valence-corrected chi connectivity index (χ4v) is 10.1. The molecule has 35 nitrogen and oxygen atoms in total. The number of nitrogens with zero attached hydrogens (tertiary/aromatic N) is 2. The normalized spacial score (nSPS) is 21.3. The molecule has 12 amide bonds. The summed E-state index contributed by atoms with van der Waals surface area (Å²) in [6.07, 6.45) is -0.214. The van der Waals surface area contributed by atoms with Crippen LogP contribution in [0, 0.1) is 17.8 Å². The van der Waals surface area contributed by atoms with Crippen LogP contribution in [0.5, 0.6) is 11.5 Å². The number of amides is 12.